The monoisotopic (exact) mass is 177 g/mol. The molecular weight excluding hydrogens is 170 g/mol. The van der Waals surface area contributed by atoms with Crippen LogP contribution in [0, 0.1) is 11.3 Å². The topological polar surface area (TPSA) is 62.7 Å². The molecule has 1 heterocycles. The van der Waals surface area contributed by atoms with Crippen LogP contribution in [-0.2, 0) is 0 Å². The van der Waals surface area contributed by atoms with Gasteiger partial charge in [-0.25, -0.2) is 4.98 Å². The van der Waals surface area contributed by atoms with Gasteiger partial charge in [0, 0.05) is 5.38 Å². The summed E-state index contributed by atoms with van der Waals surface area (Å²) in [6.45, 7) is 0. The van der Waals surface area contributed by atoms with Crippen molar-refractivity contribution in [2.45, 2.75) is 7.43 Å². The van der Waals surface area contributed by atoms with E-state index in [-0.39, 0.29) is 19.8 Å². The minimum Gasteiger partial charge on any atom is -0.375 e. The Morgan fingerprint density at radius 1 is 1.70 bits per heavy atom. The van der Waals surface area contributed by atoms with Crippen LogP contribution in [-0.4, -0.2) is 4.98 Å². The predicted molar refractivity (Wildman–Crippen MR) is 45.2 cm³/mol. The molecule has 5 heteroatoms. The van der Waals surface area contributed by atoms with Gasteiger partial charge in [0.1, 0.15) is 6.07 Å². The van der Waals surface area contributed by atoms with Crippen LogP contribution in [0.1, 0.15) is 13.1 Å². The van der Waals surface area contributed by atoms with Gasteiger partial charge in [-0.1, -0.05) is 7.43 Å². The van der Waals surface area contributed by atoms with Crippen molar-refractivity contribution in [2.24, 2.45) is 0 Å². The van der Waals surface area contributed by atoms with Gasteiger partial charge in [-0.05, 0) is 0 Å². The molecule has 1 aromatic rings. The zero-order valence-electron chi connectivity index (χ0n) is 4.37. The van der Waals surface area contributed by atoms with Crippen molar-refractivity contribution < 1.29 is 0 Å². The van der Waals surface area contributed by atoms with Gasteiger partial charge >= 0.3 is 0 Å². The molecule has 56 valence electrons. The lowest BCUT2D eigenvalue weighted by atomic mass is 10.6. The Labute approximate surface area is 69.9 Å². The smallest absolute Gasteiger partial charge is 0.181 e. The summed E-state index contributed by atoms with van der Waals surface area (Å²) in [5, 5.41) is 10.3. The molecule has 10 heavy (non-hydrogen) atoms. The van der Waals surface area contributed by atoms with Crippen molar-refractivity contribution in [2.75, 3.05) is 5.73 Å². The van der Waals surface area contributed by atoms with E-state index in [1.165, 1.54) is 11.3 Å². The molecular formula is C5H8ClN3S. The average Bonchev–Trinajstić information content (AvgIpc) is 2.14. The first-order chi connectivity index (χ1) is 3.83. The van der Waals surface area contributed by atoms with Gasteiger partial charge in [0.05, 0.1) is 0 Å². The molecule has 0 radical (unpaired) electrons. The SMILES string of the molecule is C.Cl.N#Cc1csc(N)n1. The summed E-state index contributed by atoms with van der Waals surface area (Å²) < 4.78 is 0. The molecule has 0 saturated carbocycles. The largest absolute Gasteiger partial charge is 0.375 e. The molecule has 0 fully saturated rings. The fraction of sp³-hybridized carbons (Fsp3) is 0.200. The van der Waals surface area contributed by atoms with Gasteiger partial charge in [-0.3, -0.25) is 0 Å². The summed E-state index contributed by atoms with van der Waals surface area (Å²) in [4.78, 5) is 3.66. The second-order valence-electron chi connectivity index (χ2n) is 1.18. The summed E-state index contributed by atoms with van der Waals surface area (Å²) in [5.41, 5.74) is 5.61. The van der Waals surface area contributed by atoms with E-state index in [0.29, 0.717) is 10.8 Å². The highest BCUT2D eigenvalue weighted by Gasteiger charge is 1.92. The number of rotatable bonds is 0. The number of halogens is 1. The van der Waals surface area contributed by atoms with Crippen LogP contribution in [0.2, 0.25) is 0 Å². The van der Waals surface area contributed by atoms with Crippen molar-refractivity contribution in [3.05, 3.63) is 11.1 Å². The minimum absolute atomic E-state index is 0. The van der Waals surface area contributed by atoms with E-state index in [4.69, 9.17) is 11.0 Å². The number of hydrogen-bond acceptors (Lipinski definition) is 4. The first kappa shape index (κ1) is 11.9. The van der Waals surface area contributed by atoms with Crippen LogP contribution >= 0.6 is 23.7 Å². The maximum atomic E-state index is 8.19. The van der Waals surface area contributed by atoms with Crippen molar-refractivity contribution in [1.29, 1.82) is 5.26 Å². The van der Waals surface area contributed by atoms with Crippen LogP contribution in [0.25, 0.3) is 0 Å². The third kappa shape index (κ3) is 2.67. The summed E-state index contributed by atoms with van der Waals surface area (Å²) in [5.74, 6) is 0. The molecule has 0 amide bonds. The van der Waals surface area contributed by atoms with Crippen molar-refractivity contribution in [1.82, 2.24) is 4.98 Å². The van der Waals surface area contributed by atoms with E-state index >= 15 is 0 Å². The Morgan fingerprint density at radius 2 is 2.30 bits per heavy atom. The van der Waals surface area contributed by atoms with Crippen LogP contribution < -0.4 is 5.73 Å². The fourth-order valence-corrected chi connectivity index (χ4v) is 0.828. The van der Waals surface area contributed by atoms with E-state index in [1.807, 2.05) is 6.07 Å². The number of nitriles is 1. The number of anilines is 1. The molecule has 3 nitrogen and oxygen atoms in total. The number of nitrogens with zero attached hydrogens (tertiary/aromatic N) is 2. The Balaban J connectivity index is 0. The molecule has 0 aromatic carbocycles. The standard InChI is InChI=1S/C4H3N3S.CH4.ClH/c5-1-3-2-8-4(6)7-3;;/h2H,(H2,6,7);1H4;1H. The molecule has 1 aromatic heterocycles. The molecule has 0 saturated heterocycles. The highest BCUT2D eigenvalue weighted by Crippen LogP contribution is 2.08. The van der Waals surface area contributed by atoms with Gasteiger partial charge < -0.3 is 5.73 Å². The lowest BCUT2D eigenvalue weighted by Crippen LogP contribution is -1.80. The lowest BCUT2D eigenvalue weighted by Gasteiger charge is -1.70. The van der Waals surface area contributed by atoms with Gasteiger partial charge in [-0.15, -0.1) is 23.7 Å². The van der Waals surface area contributed by atoms with E-state index in [2.05, 4.69) is 4.98 Å². The second-order valence-corrected chi connectivity index (χ2v) is 2.07. The third-order valence-electron chi connectivity index (χ3n) is 0.636. The summed E-state index contributed by atoms with van der Waals surface area (Å²) in [7, 11) is 0. The van der Waals surface area contributed by atoms with Gasteiger partial charge in [0.25, 0.3) is 0 Å². The molecule has 0 atom stereocenters. The lowest BCUT2D eigenvalue weighted by molar-refractivity contribution is 1.34. The second kappa shape index (κ2) is 5.03. The van der Waals surface area contributed by atoms with Crippen molar-refractivity contribution in [3.8, 4) is 6.07 Å². The van der Waals surface area contributed by atoms with Crippen molar-refractivity contribution >= 4 is 28.9 Å². The molecule has 2 N–H and O–H groups in total. The summed E-state index contributed by atoms with van der Waals surface area (Å²) in [6.07, 6.45) is 0. The van der Waals surface area contributed by atoms with Crippen molar-refractivity contribution in [3.63, 3.8) is 0 Å². The first-order valence-corrected chi connectivity index (χ1v) is 2.82. The first-order valence-electron chi connectivity index (χ1n) is 1.94. The molecule has 0 aliphatic rings. The van der Waals surface area contributed by atoms with Gasteiger partial charge in [0.2, 0.25) is 0 Å². The van der Waals surface area contributed by atoms with Gasteiger partial charge in [0.15, 0.2) is 10.8 Å². The maximum Gasteiger partial charge on any atom is 0.181 e. The molecule has 0 spiro atoms. The summed E-state index contributed by atoms with van der Waals surface area (Å²) >= 11 is 1.27. The van der Waals surface area contributed by atoms with Crippen LogP contribution in [0.5, 0.6) is 0 Å². The van der Waals surface area contributed by atoms with E-state index in [0.717, 1.165) is 0 Å². The predicted octanol–water partition coefficient (Wildman–Crippen LogP) is 1.65. The normalized spacial score (nSPS) is 6.70. The molecule has 0 unspecified atom stereocenters. The zero-order chi connectivity index (χ0) is 5.98. The Bertz CT molecular complexity index is 227. The van der Waals surface area contributed by atoms with Crippen LogP contribution in [0.3, 0.4) is 0 Å². The average molecular weight is 178 g/mol. The Kier molecular flexibility index (Phi) is 6.01. The molecule has 0 aliphatic heterocycles. The quantitative estimate of drug-likeness (QED) is 0.656. The van der Waals surface area contributed by atoms with Gasteiger partial charge in [-0.2, -0.15) is 5.26 Å². The zero-order valence-corrected chi connectivity index (χ0v) is 6.00. The van der Waals surface area contributed by atoms with E-state index in [9.17, 15) is 0 Å². The number of aromatic nitrogens is 1. The Morgan fingerprint density at radius 3 is 2.50 bits per heavy atom. The minimum atomic E-state index is 0. The van der Waals surface area contributed by atoms with E-state index in [1.54, 1.807) is 5.38 Å². The number of nitrogens with two attached hydrogens (primary N) is 1. The number of hydrogen-bond donors (Lipinski definition) is 1. The van der Waals surface area contributed by atoms with Crippen LogP contribution in [0.15, 0.2) is 5.38 Å². The fourth-order valence-electron chi connectivity index (χ4n) is 0.339. The summed E-state index contributed by atoms with van der Waals surface area (Å²) in [6, 6.07) is 1.87. The van der Waals surface area contributed by atoms with E-state index < -0.39 is 0 Å². The molecule has 1 rings (SSSR count). The highest BCUT2D eigenvalue weighted by atomic mass is 35.5. The molecule has 0 aliphatic carbocycles. The maximum absolute atomic E-state index is 8.19. The molecule has 0 bridgehead atoms. The Hall–Kier alpha value is -0.790. The van der Waals surface area contributed by atoms with Crippen LogP contribution in [0.4, 0.5) is 5.13 Å². The highest BCUT2D eigenvalue weighted by molar-refractivity contribution is 7.13. The third-order valence-corrected chi connectivity index (χ3v) is 1.31. The number of thiazole rings is 1. The number of nitrogen functional groups attached to an aromatic ring is 1.